The van der Waals surface area contributed by atoms with E-state index in [9.17, 15) is 29.1 Å². The smallest absolute Gasteiger partial charge is 0.255 e. The molecule has 59 heavy (non-hydrogen) atoms. The highest BCUT2D eigenvalue weighted by Gasteiger charge is 2.36. The summed E-state index contributed by atoms with van der Waals surface area (Å²) < 4.78 is 5.95. The van der Waals surface area contributed by atoms with Crippen molar-refractivity contribution in [3.05, 3.63) is 94.8 Å². The first-order chi connectivity index (χ1) is 28.3. The largest absolute Gasteiger partial charge is 0.507 e. The van der Waals surface area contributed by atoms with Crippen molar-refractivity contribution in [2.75, 3.05) is 33.3 Å². The fourth-order valence-corrected chi connectivity index (χ4v) is 6.61. The number of aryl methyl sites for hydroxylation is 2. The first-order valence-corrected chi connectivity index (χ1v) is 19.0. The number of phenolic OH excluding ortho intramolecular Hbond substituents is 1. The van der Waals surface area contributed by atoms with Gasteiger partial charge in [-0.25, -0.2) is 9.97 Å². The molecule has 4 atom stereocenters. The van der Waals surface area contributed by atoms with Gasteiger partial charge in [0.1, 0.15) is 48.8 Å². The Bertz CT molecular complexity index is 2260. The summed E-state index contributed by atoms with van der Waals surface area (Å²) in [5.41, 5.74) is 15.4. The van der Waals surface area contributed by atoms with Gasteiger partial charge in [0.15, 0.2) is 5.82 Å². The Morgan fingerprint density at radius 2 is 1.76 bits per heavy atom. The molecule has 5 rings (SSSR count). The summed E-state index contributed by atoms with van der Waals surface area (Å²) in [5.74, 6) is -2.89. The molecule has 4 bridgehead atoms. The molecule has 2 heterocycles. The number of carbonyl (C=O) groups is 5. The highest BCUT2D eigenvalue weighted by atomic mass is 16.5. The van der Waals surface area contributed by atoms with Crippen LogP contribution in [-0.4, -0.2) is 101 Å². The molecule has 0 saturated heterocycles. The zero-order valence-corrected chi connectivity index (χ0v) is 33.2. The Labute approximate surface area is 341 Å². The lowest BCUT2D eigenvalue weighted by Gasteiger charge is -2.32. The third-order valence-electron chi connectivity index (χ3n) is 9.79. The Balaban J connectivity index is 1.54. The molecule has 0 aliphatic carbocycles. The summed E-state index contributed by atoms with van der Waals surface area (Å²) in [5, 5.41) is 30.7. The Morgan fingerprint density at radius 3 is 2.44 bits per heavy atom. The zero-order valence-electron chi connectivity index (χ0n) is 33.2. The molecule has 17 heteroatoms. The van der Waals surface area contributed by atoms with Gasteiger partial charge >= 0.3 is 0 Å². The van der Waals surface area contributed by atoms with Crippen molar-refractivity contribution in [1.29, 1.82) is 5.26 Å². The second-order valence-electron chi connectivity index (χ2n) is 14.1. The van der Waals surface area contributed by atoms with Crippen molar-refractivity contribution in [3.8, 4) is 40.1 Å². The lowest BCUT2D eigenvalue weighted by Crippen LogP contribution is -2.56. The van der Waals surface area contributed by atoms with Crippen molar-refractivity contribution in [3.63, 3.8) is 0 Å². The number of likely N-dealkylation sites (N-methyl/N-ethyl adjacent to an activating group) is 1. The van der Waals surface area contributed by atoms with Gasteiger partial charge in [0, 0.05) is 42.9 Å². The van der Waals surface area contributed by atoms with E-state index in [2.05, 4.69) is 31.2 Å². The third-order valence-corrected chi connectivity index (χ3v) is 9.79. The number of phenols is 1. The number of benzene rings is 3. The fraction of sp³-hybridized carbons (Fsp3) is 0.333. The van der Waals surface area contributed by atoms with Crippen LogP contribution in [0.3, 0.4) is 0 Å². The van der Waals surface area contributed by atoms with Gasteiger partial charge in [0.2, 0.25) is 23.6 Å². The Morgan fingerprint density at radius 1 is 1.02 bits per heavy atom. The molecule has 9 N–H and O–H groups in total. The number of nitrogens with one attached hydrogen (secondary N) is 4. The number of ether oxygens (including phenoxy) is 1. The topological polar surface area (TPSA) is 268 Å². The number of hydrogen-bond donors (Lipinski definition) is 7. The molecule has 0 spiro atoms. The monoisotopic (exact) mass is 804 g/mol. The second kappa shape index (κ2) is 19.5. The van der Waals surface area contributed by atoms with E-state index in [1.165, 1.54) is 26.2 Å². The molecule has 1 aliphatic rings. The van der Waals surface area contributed by atoms with E-state index in [0.29, 0.717) is 28.4 Å². The van der Waals surface area contributed by atoms with E-state index in [1.807, 2.05) is 37.3 Å². The molecule has 0 fully saturated rings. The summed E-state index contributed by atoms with van der Waals surface area (Å²) >= 11 is 0. The van der Waals surface area contributed by atoms with Crippen LogP contribution in [0.5, 0.6) is 11.5 Å². The SMILES string of the molecule is Cc1ccc(-c2ncc(C(=O)N[C@@H](CCN)C(=O)N(C)[C@@H]3C(=O)N[C@@H](C)C(=O)N[C@H](C(=O)NCC#N)Cc4ccc(O)c(c4)-c4cc3ccc4OCCN)c(C)n2)cc1. The average molecular weight is 805 g/mol. The van der Waals surface area contributed by atoms with Crippen LogP contribution in [0.15, 0.2) is 66.9 Å². The van der Waals surface area contributed by atoms with Gasteiger partial charge < -0.3 is 47.5 Å². The van der Waals surface area contributed by atoms with E-state index in [0.717, 1.165) is 16.0 Å². The van der Waals surface area contributed by atoms with Crippen LogP contribution in [0.25, 0.3) is 22.5 Å². The summed E-state index contributed by atoms with van der Waals surface area (Å²) in [6.45, 7) is 5.00. The number of aromatic nitrogens is 2. The van der Waals surface area contributed by atoms with Gasteiger partial charge in [-0.05, 0) is 69.1 Å². The van der Waals surface area contributed by atoms with Crippen LogP contribution in [0.4, 0.5) is 0 Å². The number of amides is 5. The molecule has 308 valence electrons. The lowest BCUT2D eigenvalue weighted by molar-refractivity contribution is -0.141. The summed E-state index contributed by atoms with van der Waals surface area (Å²) in [6, 6.07) is 13.8. The summed E-state index contributed by atoms with van der Waals surface area (Å²) in [7, 11) is 1.38. The lowest BCUT2D eigenvalue weighted by atomic mass is 9.93. The number of carbonyl (C=O) groups excluding carboxylic acids is 5. The van der Waals surface area contributed by atoms with E-state index >= 15 is 0 Å². The maximum absolute atomic E-state index is 14.4. The predicted molar refractivity (Wildman–Crippen MR) is 217 cm³/mol. The number of nitrogens with two attached hydrogens (primary N) is 2. The first kappa shape index (κ1) is 43.2. The Kier molecular flexibility index (Phi) is 14.3. The highest BCUT2D eigenvalue weighted by Crippen LogP contribution is 2.39. The number of fused-ring (bicyclic) bond motifs is 5. The third kappa shape index (κ3) is 10.3. The number of hydrogen-bond acceptors (Lipinski definition) is 12. The molecule has 5 amide bonds. The van der Waals surface area contributed by atoms with Gasteiger partial charge in [-0.1, -0.05) is 42.0 Å². The van der Waals surface area contributed by atoms with Crippen LogP contribution in [0.2, 0.25) is 0 Å². The van der Waals surface area contributed by atoms with Crippen molar-refractivity contribution in [2.24, 2.45) is 11.5 Å². The molecule has 1 aliphatic heterocycles. The van der Waals surface area contributed by atoms with E-state index < -0.39 is 53.7 Å². The molecule has 17 nitrogen and oxygen atoms in total. The molecule has 1 aromatic heterocycles. The minimum absolute atomic E-state index is 0.00348. The van der Waals surface area contributed by atoms with Gasteiger partial charge in [-0.2, -0.15) is 5.26 Å². The Hall–Kier alpha value is -6.90. The standard InChI is InChI=1S/C42H48N10O7/c1-23-5-8-27(9-6-23)37-47-22-31(24(2)48-37)39(55)50-32(13-14-43)42(58)52(4)36-28-10-12-35(59-18-16-45)30(21-28)29-19-26(7-11-34(29)53)20-33(40(56)46-17-15-44)51-38(54)25(3)49-41(36)57/h5-12,19,21-22,25,32-33,36,53H,13-14,16-18,20,43,45H2,1-4H3,(H,46,56)(H,49,57)(H,50,55)(H,51,54)/t25-,32-,33-,36-/m0/s1. The normalized spacial score (nSPS) is 16.9. The maximum Gasteiger partial charge on any atom is 0.255 e. The molecular weight excluding hydrogens is 757 g/mol. The number of nitriles is 1. The van der Waals surface area contributed by atoms with Crippen LogP contribution in [0.1, 0.15) is 52.1 Å². The van der Waals surface area contributed by atoms with Gasteiger partial charge in [0.05, 0.1) is 17.3 Å². The summed E-state index contributed by atoms with van der Waals surface area (Å²) in [4.78, 5) is 79.2. The van der Waals surface area contributed by atoms with E-state index in [-0.39, 0.29) is 61.5 Å². The van der Waals surface area contributed by atoms with Crippen LogP contribution < -0.4 is 37.5 Å². The number of nitrogens with zero attached hydrogens (tertiary/aromatic N) is 4. The average Bonchev–Trinajstić information content (AvgIpc) is 3.22. The molecule has 0 unspecified atom stereocenters. The number of rotatable bonds is 12. The van der Waals surface area contributed by atoms with Gasteiger partial charge in [-0.15, -0.1) is 0 Å². The molecule has 0 saturated carbocycles. The maximum atomic E-state index is 14.4. The number of aromatic hydroxyl groups is 1. The first-order valence-electron chi connectivity index (χ1n) is 19.0. The minimum Gasteiger partial charge on any atom is -0.507 e. The van der Waals surface area contributed by atoms with E-state index in [4.69, 9.17) is 21.5 Å². The van der Waals surface area contributed by atoms with Crippen LogP contribution >= 0.6 is 0 Å². The minimum atomic E-state index is -1.42. The van der Waals surface area contributed by atoms with Crippen molar-refractivity contribution in [1.82, 2.24) is 36.1 Å². The van der Waals surface area contributed by atoms with E-state index in [1.54, 1.807) is 37.3 Å². The molecule has 3 aromatic carbocycles. The fourth-order valence-electron chi connectivity index (χ4n) is 6.61. The van der Waals surface area contributed by atoms with Crippen molar-refractivity contribution >= 4 is 29.5 Å². The molecular formula is C42H48N10O7. The van der Waals surface area contributed by atoms with Gasteiger partial charge in [-0.3, -0.25) is 24.0 Å². The quantitative estimate of drug-likeness (QED) is 0.1000. The highest BCUT2D eigenvalue weighted by molar-refractivity contribution is 6.00. The van der Waals surface area contributed by atoms with Crippen LogP contribution in [0, 0.1) is 25.2 Å². The summed E-state index contributed by atoms with van der Waals surface area (Å²) in [6.07, 6.45) is 1.35. The zero-order chi connectivity index (χ0) is 42.8. The van der Waals surface area contributed by atoms with Crippen molar-refractivity contribution in [2.45, 2.75) is 57.8 Å². The molecule has 4 aromatic rings. The van der Waals surface area contributed by atoms with Crippen LogP contribution in [-0.2, 0) is 25.6 Å². The van der Waals surface area contributed by atoms with Crippen molar-refractivity contribution < 1.29 is 33.8 Å². The van der Waals surface area contributed by atoms with Gasteiger partial charge in [0.25, 0.3) is 5.91 Å². The predicted octanol–water partition coefficient (Wildman–Crippen LogP) is 1.30. The second-order valence-corrected chi connectivity index (χ2v) is 14.1. The molecule has 0 radical (unpaired) electrons.